The van der Waals surface area contributed by atoms with Gasteiger partial charge in [0.25, 0.3) is 0 Å². The molecule has 1 aromatic carbocycles. The van der Waals surface area contributed by atoms with E-state index in [1.54, 1.807) is 12.1 Å². The van der Waals surface area contributed by atoms with Crippen molar-refractivity contribution in [1.29, 1.82) is 0 Å². The number of amides is 1. The summed E-state index contributed by atoms with van der Waals surface area (Å²) in [5, 5.41) is 12.6. The maximum absolute atomic E-state index is 13.4. The number of piperidine rings is 1. The molecule has 29 heavy (non-hydrogen) atoms. The molecule has 1 aliphatic heterocycles. The van der Waals surface area contributed by atoms with E-state index in [1.807, 2.05) is 11.8 Å². The minimum absolute atomic E-state index is 0.0916. The first-order chi connectivity index (χ1) is 13.5. The molecular weight excluding hydrogens is 385 g/mol. The molecule has 0 saturated carbocycles. The van der Waals surface area contributed by atoms with E-state index in [-0.39, 0.29) is 17.5 Å². The number of pyridine rings is 1. The molecule has 6 nitrogen and oxygen atoms in total. The van der Waals surface area contributed by atoms with Gasteiger partial charge >= 0.3 is 6.18 Å². The second kappa shape index (κ2) is 7.79. The lowest BCUT2D eigenvalue weighted by atomic mass is 9.93. The number of aromatic nitrogens is 1. The molecule has 4 N–H and O–H groups in total. The molecule has 3 rings (SSSR count). The lowest BCUT2D eigenvalue weighted by Crippen LogP contribution is -2.59. The normalized spacial score (nSPS) is 22.4. The van der Waals surface area contributed by atoms with Crippen molar-refractivity contribution in [1.82, 2.24) is 10.3 Å². The molecule has 158 valence electrons. The number of nitrogens with one attached hydrogen (secondary N) is 1. The van der Waals surface area contributed by atoms with Gasteiger partial charge in [0.2, 0.25) is 5.91 Å². The molecule has 3 atom stereocenters. The smallest absolute Gasteiger partial charge is 0.394 e. The summed E-state index contributed by atoms with van der Waals surface area (Å²) in [6.45, 7) is 4.04. The lowest BCUT2D eigenvalue weighted by molar-refractivity contribution is -0.136. The number of hydrogen-bond acceptors (Lipinski definition) is 5. The zero-order valence-electron chi connectivity index (χ0n) is 16.3. The Bertz CT molecular complexity index is 901. The molecular formula is C20H25F3N4O2. The number of rotatable bonds is 4. The Labute approximate surface area is 166 Å². The van der Waals surface area contributed by atoms with Crippen LogP contribution in [0.2, 0.25) is 0 Å². The third-order valence-electron chi connectivity index (χ3n) is 5.23. The minimum atomic E-state index is -4.49. The SMILES string of the molecule is C[C@H]1C[C@@H](NC(=O)[C@@](C)(N)CO)CN(c2ccc(C(F)(F)F)c3ncccc23)C1. The summed E-state index contributed by atoms with van der Waals surface area (Å²) in [5.74, 6) is -0.265. The van der Waals surface area contributed by atoms with Crippen LogP contribution in [-0.2, 0) is 11.0 Å². The van der Waals surface area contributed by atoms with Crippen LogP contribution in [0.3, 0.4) is 0 Å². The fourth-order valence-corrected chi connectivity index (χ4v) is 3.74. The zero-order chi connectivity index (χ0) is 21.4. The van der Waals surface area contributed by atoms with Crippen molar-refractivity contribution in [2.75, 3.05) is 24.6 Å². The number of aliphatic hydroxyl groups is 1. The number of hydrogen-bond donors (Lipinski definition) is 3. The van der Waals surface area contributed by atoms with Crippen LogP contribution in [0.5, 0.6) is 0 Å². The van der Waals surface area contributed by atoms with Crippen LogP contribution in [0.1, 0.15) is 25.8 Å². The minimum Gasteiger partial charge on any atom is -0.394 e. The van der Waals surface area contributed by atoms with Gasteiger partial charge < -0.3 is 21.1 Å². The molecule has 1 aliphatic rings. The standard InChI is InChI=1S/C20H25F3N4O2/c1-12-8-13(26-18(29)19(2,24)11-28)10-27(9-12)16-6-5-15(20(21,22)23)17-14(16)4-3-7-25-17/h3-7,12-13,28H,8-11,24H2,1-2H3,(H,26,29)/t12-,13+,19-/m0/s1. The fraction of sp³-hybridized carbons (Fsp3) is 0.500. The number of aliphatic hydroxyl groups excluding tert-OH is 1. The van der Waals surface area contributed by atoms with Crippen LogP contribution in [0.25, 0.3) is 10.9 Å². The van der Waals surface area contributed by atoms with Gasteiger partial charge in [-0.05, 0) is 43.5 Å². The van der Waals surface area contributed by atoms with Gasteiger partial charge in [0.05, 0.1) is 17.7 Å². The highest BCUT2D eigenvalue weighted by molar-refractivity contribution is 5.94. The molecule has 1 saturated heterocycles. The van der Waals surface area contributed by atoms with Gasteiger partial charge in [0.1, 0.15) is 5.54 Å². The summed E-state index contributed by atoms with van der Waals surface area (Å²) in [6.07, 6.45) is -2.44. The molecule has 1 aromatic heterocycles. The predicted octanol–water partition coefficient (Wildman–Crippen LogP) is 2.29. The summed E-state index contributed by atoms with van der Waals surface area (Å²) < 4.78 is 40.1. The highest BCUT2D eigenvalue weighted by atomic mass is 19.4. The van der Waals surface area contributed by atoms with Gasteiger partial charge in [-0.3, -0.25) is 9.78 Å². The van der Waals surface area contributed by atoms with E-state index in [0.29, 0.717) is 30.6 Å². The molecule has 0 radical (unpaired) electrons. The van der Waals surface area contributed by atoms with E-state index < -0.39 is 29.8 Å². The van der Waals surface area contributed by atoms with Gasteiger partial charge in [-0.2, -0.15) is 13.2 Å². The van der Waals surface area contributed by atoms with Crippen LogP contribution in [0.15, 0.2) is 30.5 Å². The first-order valence-electron chi connectivity index (χ1n) is 9.43. The second-order valence-corrected chi connectivity index (χ2v) is 8.02. The summed E-state index contributed by atoms with van der Waals surface area (Å²) in [7, 11) is 0. The largest absolute Gasteiger partial charge is 0.418 e. The molecule has 0 unspecified atom stereocenters. The number of carbonyl (C=O) groups is 1. The average molecular weight is 410 g/mol. The van der Waals surface area contributed by atoms with Crippen molar-refractivity contribution in [3.63, 3.8) is 0 Å². The topological polar surface area (TPSA) is 91.5 Å². The quantitative estimate of drug-likeness (QED) is 0.720. The molecule has 0 spiro atoms. The summed E-state index contributed by atoms with van der Waals surface area (Å²) in [4.78, 5) is 18.3. The van der Waals surface area contributed by atoms with E-state index in [9.17, 15) is 23.1 Å². The number of nitrogens with two attached hydrogens (primary N) is 1. The predicted molar refractivity (Wildman–Crippen MR) is 104 cm³/mol. The number of nitrogens with zero attached hydrogens (tertiary/aromatic N) is 2. The number of benzene rings is 1. The van der Waals surface area contributed by atoms with Crippen molar-refractivity contribution < 1.29 is 23.1 Å². The van der Waals surface area contributed by atoms with Gasteiger partial charge in [0, 0.05) is 36.4 Å². The number of halogens is 3. The molecule has 2 heterocycles. The van der Waals surface area contributed by atoms with Crippen LogP contribution in [0.4, 0.5) is 18.9 Å². The van der Waals surface area contributed by atoms with Crippen molar-refractivity contribution >= 4 is 22.5 Å². The number of alkyl halides is 3. The Morgan fingerprint density at radius 3 is 2.72 bits per heavy atom. The Morgan fingerprint density at radius 2 is 2.07 bits per heavy atom. The Kier molecular flexibility index (Phi) is 5.73. The third kappa shape index (κ3) is 4.45. The highest BCUT2D eigenvalue weighted by Gasteiger charge is 2.36. The lowest BCUT2D eigenvalue weighted by Gasteiger charge is -2.39. The van der Waals surface area contributed by atoms with Gasteiger partial charge in [-0.25, -0.2) is 0 Å². The first-order valence-corrected chi connectivity index (χ1v) is 9.43. The van der Waals surface area contributed by atoms with E-state index in [0.717, 1.165) is 6.07 Å². The highest BCUT2D eigenvalue weighted by Crippen LogP contribution is 2.38. The number of carbonyl (C=O) groups excluding carboxylic acids is 1. The van der Waals surface area contributed by atoms with Crippen molar-refractivity contribution in [2.24, 2.45) is 11.7 Å². The average Bonchev–Trinajstić information content (AvgIpc) is 2.65. The van der Waals surface area contributed by atoms with E-state index in [4.69, 9.17) is 5.73 Å². The number of fused-ring (bicyclic) bond motifs is 1. The molecule has 1 fully saturated rings. The van der Waals surface area contributed by atoms with Crippen LogP contribution >= 0.6 is 0 Å². The van der Waals surface area contributed by atoms with Crippen LogP contribution < -0.4 is 16.0 Å². The monoisotopic (exact) mass is 410 g/mol. The van der Waals surface area contributed by atoms with Crippen LogP contribution in [-0.4, -0.2) is 47.3 Å². The van der Waals surface area contributed by atoms with Crippen molar-refractivity contribution in [3.05, 3.63) is 36.0 Å². The Morgan fingerprint density at radius 1 is 1.34 bits per heavy atom. The fourth-order valence-electron chi connectivity index (χ4n) is 3.74. The van der Waals surface area contributed by atoms with Gasteiger partial charge in [-0.15, -0.1) is 0 Å². The second-order valence-electron chi connectivity index (χ2n) is 8.02. The third-order valence-corrected chi connectivity index (χ3v) is 5.23. The Balaban J connectivity index is 1.92. The van der Waals surface area contributed by atoms with E-state index in [1.165, 1.54) is 19.2 Å². The van der Waals surface area contributed by atoms with Crippen LogP contribution in [0, 0.1) is 5.92 Å². The van der Waals surface area contributed by atoms with Gasteiger partial charge in [0.15, 0.2) is 0 Å². The molecule has 0 aliphatic carbocycles. The maximum atomic E-state index is 13.4. The molecule has 9 heteroatoms. The zero-order valence-corrected chi connectivity index (χ0v) is 16.3. The first kappa shape index (κ1) is 21.3. The summed E-state index contributed by atoms with van der Waals surface area (Å²) >= 11 is 0. The van der Waals surface area contributed by atoms with E-state index in [2.05, 4.69) is 10.3 Å². The summed E-state index contributed by atoms with van der Waals surface area (Å²) in [6, 6.07) is 5.52. The Hall–Kier alpha value is -2.39. The molecule has 1 amide bonds. The summed E-state index contributed by atoms with van der Waals surface area (Å²) in [5.41, 5.74) is 4.19. The maximum Gasteiger partial charge on any atom is 0.418 e. The van der Waals surface area contributed by atoms with Gasteiger partial charge in [-0.1, -0.05) is 6.92 Å². The molecule has 0 bridgehead atoms. The van der Waals surface area contributed by atoms with Crippen molar-refractivity contribution in [3.8, 4) is 0 Å². The van der Waals surface area contributed by atoms with Crippen molar-refractivity contribution in [2.45, 2.75) is 38.0 Å². The molecule has 2 aromatic rings. The number of anilines is 1. The van der Waals surface area contributed by atoms with E-state index >= 15 is 0 Å².